The molecule has 0 saturated carbocycles. The summed E-state index contributed by atoms with van der Waals surface area (Å²) in [6.07, 6.45) is 27.2. The summed E-state index contributed by atoms with van der Waals surface area (Å²) < 4.78 is 31.9. The summed E-state index contributed by atoms with van der Waals surface area (Å²) in [4.78, 5) is 33.8. The van der Waals surface area contributed by atoms with Crippen LogP contribution < -0.4 is 0 Å². The lowest BCUT2D eigenvalue weighted by Crippen LogP contribution is -2.28. The van der Waals surface area contributed by atoms with E-state index >= 15 is 0 Å². The van der Waals surface area contributed by atoms with E-state index in [1.165, 1.54) is 0 Å². The van der Waals surface area contributed by atoms with Crippen molar-refractivity contribution in [1.82, 2.24) is 0 Å². The van der Waals surface area contributed by atoms with E-state index in [0.717, 1.165) is 51.4 Å². The van der Waals surface area contributed by atoms with Gasteiger partial charge in [-0.25, -0.2) is 4.57 Å². The predicted molar refractivity (Wildman–Crippen MR) is 168 cm³/mol. The number of esters is 2. The number of phosphoric acid groups is 1. The lowest BCUT2D eigenvalue weighted by molar-refractivity contribution is -0.153. The SMILES string of the molecule is CC/C=C\C/C=C\C/C=C\C/C=C\C/C=C\CC(=O)OC(CO)COP(=O)(O)OCC(CO)OC(=O)CCCCCCC. The molecular formula is C32H53O10P. The van der Waals surface area contributed by atoms with E-state index in [4.69, 9.17) is 18.5 Å². The fraction of sp³-hybridized carbons (Fsp3) is 0.625. The highest BCUT2D eigenvalue weighted by Crippen LogP contribution is 2.43. The highest BCUT2D eigenvalue weighted by Gasteiger charge is 2.27. The van der Waals surface area contributed by atoms with Gasteiger partial charge >= 0.3 is 19.8 Å². The average Bonchev–Trinajstić information content (AvgIpc) is 2.99. The van der Waals surface area contributed by atoms with Crippen molar-refractivity contribution in [2.24, 2.45) is 0 Å². The second-order valence-corrected chi connectivity index (χ2v) is 11.2. The Morgan fingerprint density at radius 1 is 0.651 bits per heavy atom. The molecule has 0 spiro atoms. The molecule has 246 valence electrons. The molecule has 43 heavy (non-hydrogen) atoms. The standard InChI is InChI=1S/C32H53O10P/c1-3-5-7-9-10-11-12-13-14-15-16-17-18-20-22-24-32(36)42-30(26-34)28-40-43(37,38)39-27-29(25-33)41-31(35)23-21-19-8-6-4-2/h5,7,10-11,13-14,16-17,20,22,29-30,33-34H,3-4,6,8-9,12,15,18-19,21,23-28H2,1-2H3,(H,37,38)/b7-5-,11-10-,14-13-,17-16-,22-20-. The monoisotopic (exact) mass is 628 g/mol. The van der Waals surface area contributed by atoms with Gasteiger partial charge in [-0.05, 0) is 38.5 Å². The number of aliphatic hydroxyl groups excluding tert-OH is 2. The third kappa shape index (κ3) is 27.0. The van der Waals surface area contributed by atoms with Crippen LogP contribution in [0.5, 0.6) is 0 Å². The summed E-state index contributed by atoms with van der Waals surface area (Å²) in [5.41, 5.74) is 0. The third-order valence-corrected chi connectivity index (χ3v) is 6.73. The van der Waals surface area contributed by atoms with Crippen LogP contribution in [0.25, 0.3) is 0 Å². The van der Waals surface area contributed by atoms with Gasteiger partial charge < -0.3 is 24.6 Å². The van der Waals surface area contributed by atoms with Gasteiger partial charge in [0.2, 0.25) is 0 Å². The maximum Gasteiger partial charge on any atom is 0.472 e. The first-order valence-electron chi connectivity index (χ1n) is 15.2. The molecule has 0 aromatic carbocycles. The van der Waals surface area contributed by atoms with Crippen molar-refractivity contribution >= 4 is 19.8 Å². The molecule has 3 N–H and O–H groups in total. The molecule has 3 atom stereocenters. The third-order valence-electron chi connectivity index (χ3n) is 5.78. The Kier molecular flexibility index (Phi) is 26.9. The number of hydrogen-bond donors (Lipinski definition) is 3. The normalized spacial score (nSPS) is 15.2. The number of allylic oxidation sites excluding steroid dienone is 9. The van der Waals surface area contributed by atoms with Crippen LogP contribution in [0.2, 0.25) is 0 Å². The van der Waals surface area contributed by atoms with Crippen molar-refractivity contribution in [3.05, 3.63) is 60.8 Å². The quantitative estimate of drug-likeness (QED) is 0.0402. The Hall–Kier alpha value is -2.33. The topological polar surface area (TPSA) is 149 Å². The van der Waals surface area contributed by atoms with Crippen LogP contribution in [0, 0.1) is 0 Å². The smallest absolute Gasteiger partial charge is 0.457 e. The van der Waals surface area contributed by atoms with Crippen molar-refractivity contribution in [3.8, 4) is 0 Å². The maximum atomic E-state index is 12.2. The summed E-state index contributed by atoms with van der Waals surface area (Å²) in [5.74, 6) is -1.17. The first-order chi connectivity index (χ1) is 20.8. The zero-order chi connectivity index (χ0) is 32.0. The first kappa shape index (κ1) is 40.7. The minimum Gasteiger partial charge on any atom is -0.457 e. The van der Waals surface area contributed by atoms with E-state index in [0.29, 0.717) is 12.8 Å². The highest BCUT2D eigenvalue weighted by atomic mass is 31.2. The molecule has 0 aromatic heterocycles. The summed E-state index contributed by atoms with van der Waals surface area (Å²) in [5, 5.41) is 18.8. The molecule has 0 aromatic rings. The molecule has 3 unspecified atom stereocenters. The van der Waals surface area contributed by atoms with Gasteiger partial charge in [0.15, 0.2) is 0 Å². The zero-order valence-electron chi connectivity index (χ0n) is 25.9. The number of phosphoric ester groups is 1. The predicted octanol–water partition coefficient (Wildman–Crippen LogP) is 6.43. The van der Waals surface area contributed by atoms with Gasteiger partial charge in [0.1, 0.15) is 12.2 Å². The van der Waals surface area contributed by atoms with Crippen LogP contribution in [0.1, 0.15) is 90.9 Å². The number of carbonyl (C=O) groups excluding carboxylic acids is 2. The summed E-state index contributed by atoms with van der Waals surface area (Å²) in [6.45, 7) is 1.81. The van der Waals surface area contributed by atoms with Gasteiger partial charge in [0.05, 0.1) is 32.8 Å². The van der Waals surface area contributed by atoms with Crippen molar-refractivity contribution in [3.63, 3.8) is 0 Å². The van der Waals surface area contributed by atoms with E-state index < -0.39 is 58.4 Å². The number of unbranched alkanes of at least 4 members (excludes halogenated alkanes) is 4. The minimum absolute atomic E-state index is 0.0422. The first-order valence-corrected chi connectivity index (χ1v) is 16.7. The molecule has 0 aliphatic rings. The van der Waals surface area contributed by atoms with Crippen molar-refractivity contribution < 1.29 is 47.8 Å². The molecule has 0 saturated heterocycles. The fourth-order valence-electron chi connectivity index (χ4n) is 3.42. The summed E-state index contributed by atoms with van der Waals surface area (Å²) in [7, 11) is -4.64. The minimum atomic E-state index is -4.64. The Labute approximate surface area is 257 Å². The summed E-state index contributed by atoms with van der Waals surface area (Å²) in [6, 6.07) is 0. The number of carbonyl (C=O) groups is 2. The van der Waals surface area contributed by atoms with E-state index in [1.807, 2.05) is 18.2 Å². The zero-order valence-corrected chi connectivity index (χ0v) is 26.8. The molecular weight excluding hydrogens is 575 g/mol. The number of rotatable bonds is 27. The van der Waals surface area contributed by atoms with Crippen LogP contribution >= 0.6 is 7.82 Å². The Morgan fingerprint density at radius 3 is 1.56 bits per heavy atom. The molecule has 0 aliphatic carbocycles. The molecule has 0 rings (SSSR count). The van der Waals surface area contributed by atoms with E-state index in [-0.39, 0.29) is 12.8 Å². The molecule has 10 nitrogen and oxygen atoms in total. The van der Waals surface area contributed by atoms with Crippen molar-refractivity contribution in [2.45, 2.75) is 103 Å². The Balaban J connectivity index is 4.22. The van der Waals surface area contributed by atoms with Gasteiger partial charge in [-0.15, -0.1) is 0 Å². The van der Waals surface area contributed by atoms with Gasteiger partial charge in [-0.2, -0.15) is 0 Å². The van der Waals surface area contributed by atoms with Crippen LogP contribution in [0.3, 0.4) is 0 Å². The molecule has 0 fully saturated rings. The van der Waals surface area contributed by atoms with E-state index in [9.17, 15) is 29.3 Å². The van der Waals surface area contributed by atoms with Gasteiger partial charge in [-0.1, -0.05) is 100 Å². The largest absolute Gasteiger partial charge is 0.472 e. The Bertz CT molecular complexity index is 910. The lowest BCUT2D eigenvalue weighted by atomic mass is 10.1. The Morgan fingerprint density at radius 2 is 1.09 bits per heavy atom. The number of aliphatic hydroxyl groups is 2. The lowest BCUT2D eigenvalue weighted by Gasteiger charge is -2.20. The fourth-order valence-corrected chi connectivity index (χ4v) is 4.21. The number of hydrogen-bond acceptors (Lipinski definition) is 9. The van der Waals surface area contributed by atoms with Crippen LogP contribution in [0.4, 0.5) is 0 Å². The van der Waals surface area contributed by atoms with Crippen LogP contribution in [-0.2, 0) is 32.7 Å². The molecule has 0 heterocycles. The maximum absolute atomic E-state index is 12.2. The second-order valence-electron chi connectivity index (χ2n) is 9.73. The average molecular weight is 629 g/mol. The van der Waals surface area contributed by atoms with E-state index in [2.05, 4.69) is 50.3 Å². The van der Waals surface area contributed by atoms with Crippen LogP contribution in [0.15, 0.2) is 60.8 Å². The molecule has 0 radical (unpaired) electrons. The second kappa shape index (κ2) is 28.4. The van der Waals surface area contributed by atoms with Gasteiger partial charge in [0, 0.05) is 6.42 Å². The van der Waals surface area contributed by atoms with Crippen molar-refractivity contribution in [2.75, 3.05) is 26.4 Å². The van der Waals surface area contributed by atoms with Crippen LogP contribution in [-0.4, -0.2) is 65.7 Å². The highest BCUT2D eigenvalue weighted by molar-refractivity contribution is 7.47. The van der Waals surface area contributed by atoms with Gasteiger partial charge in [-0.3, -0.25) is 18.6 Å². The van der Waals surface area contributed by atoms with Crippen molar-refractivity contribution in [1.29, 1.82) is 0 Å². The molecule has 0 bridgehead atoms. The van der Waals surface area contributed by atoms with E-state index in [1.54, 1.807) is 6.08 Å². The number of ether oxygens (including phenoxy) is 2. The van der Waals surface area contributed by atoms with Gasteiger partial charge in [0.25, 0.3) is 0 Å². The molecule has 0 amide bonds. The molecule has 0 aliphatic heterocycles. The molecule has 11 heteroatoms. The summed E-state index contributed by atoms with van der Waals surface area (Å²) >= 11 is 0.